The van der Waals surface area contributed by atoms with Crippen LogP contribution in [0.25, 0.3) is 16.7 Å². The first-order valence-corrected chi connectivity index (χ1v) is 9.89. The lowest BCUT2D eigenvalue weighted by Crippen LogP contribution is -2.32. The van der Waals surface area contributed by atoms with Crippen LogP contribution in [0.2, 0.25) is 0 Å². The largest absolute Gasteiger partial charge is 0.338 e. The summed E-state index contributed by atoms with van der Waals surface area (Å²) in [7, 11) is 0. The van der Waals surface area contributed by atoms with Crippen LogP contribution in [0, 0.1) is 6.92 Å². The number of hydrogen-bond acceptors (Lipinski definition) is 3. The molecule has 0 unspecified atom stereocenters. The minimum Gasteiger partial charge on any atom is -0.338 e. The molecule has 3 heterocycles. The SMILES string of the molecule is CCN(CC)C(=O)c1cc2c(=O)n3cc(C)ccc3nc2n1Cc1ccccc1. The van der Waals surface area contributed by atoms with Crippen molar-refractivity contribution in [1.82, 2.24) is 18.9 Å². The zero-order valence-electron chi connectivity index (χ0n) is 16.9. The highest BCUT2D eigenvalue weighted by Crippen LogP contribution is 2.20. The van der Waals surface area contributed by atoms with Crippen LogP contribution in [0.5, 0.6) is 0 Å². The first kappa shape index (κ1) is 18.9. The topological polar surface area (TPSA) is 59.6 Å². The third kappa shape index (κ3) is 3.31. The Morgan fingerprint density at radius 3 is 2.48 bits per heavy atom. The summed E-state index contributed by atoms with van der Waals surface area (Å²) in [6.07, 6.45) is 1.78. The molecule has 1 aromatic carbocycles. The molecule has 0 saturated carbocycles. The summed E-state index contributed by atoms with van der Waals surface area (Å²) in [6, 6.07) is 15.4. The summed E-state index contributed by atoms with van der Waals surface area (Å²) in [6.45, 7) is 7.53. The molecule has 0 aliphatic rings. The third-order valence-electron chi connectivity index (χ3n) is 5.27. The van der Waals surface area contributed by atoms with Gasteiger partial charge >= 0.3 is 0 Å². The highest BCUT2D eigenvalue weighted by molar-refractivity contribution is 5.98. The number of carbonyl (C=O) groups excluding carboxylic acids is 1. The number of rotatable bonds is 5. The Balaban J connectivity index is 2.00. The lowest BCUT2D eigenvalue weighted by atomic mass is 10.2. The molecule has 0 aliphatic carbocycles. The lowest BCUT2D eigenvalue weighted by Gasteiger charge is -2.20. The quantitative estimate of drug-likeness (QED) is 0.526. The van der Waals surface area contributed by atoms with Crippen molar-refractivity contribution in [3.8, 4) is 0 Å². The molecule has 6 heteroatoms. The molecule has 0 fully saturated rings. The monoisotopic (exact) mass is 388 g/mol. The van der Waals surface area contributed by atoms with Crippen LogP contribution >= 0.6 is 0 Å². The highest BCUT2D eigenvalue weighted by Gasteiger charge is 2.22. The first-order valence-electron chi connectivity index (χ1n) is 9.89. The standard InChI is InChI=1S/C23H24N4O2/c1-4-25(5-2)23(29)19-13-18-21(26(19)15-17-9-7-6-8-10-17)24-20-12-11-16(3)14-27(20)22(18)28/h6-14H,4-5,15H2,1-3H3. The Kier molecular flexibility index (Phi) is 4.92. The second-order valence-corrected chi connectivity index (χ2v) is 7.17. The molecule has 3 aromatic heterocycles. The number of carbonyl (C=O) groups is 1. The number of amides is 1. The van der Waals surface area contributed by atoms with Gasteiger partial charge < -0.3 is 9.47 Å². The summed E-state index contributed by atoms with van der Waals surface area (Å²) >= 11 is 0. The van der Waals surface area contributed by atoms with E-state index in [0.29, 0.717) is 42.0 Å². The van der Waals surface area contributed by atoms with Crippen molar-refractivity contribution in [2.24, 2.45) is 0 Å². The number of fused-ring (bicyclic) bond motifs is 2. The van der Waals surface area contributed by atoms with Gasteiger partial charge in [0.25, 0.3) is 11.5 Å². The maximum Gasteiger partial charge on any atom is 0.270 e. The maximum absolute atomic E-state index is 13.2. The average Bonchev–Trinajstić information content (AvgIpc) is 3.09. The number of benzene rings is 1. The molecule has 29 heavy (non-hydrogen) atoms. The van der Waals surface area contributed by atoms with Crippen molar-refractivity contribution in [1.29, 1.82) is 0 Å². The van der Waals surface area contributed by atoms with E-state index in [1.54, 1.807) is 21.6 Å². The van der Waals surface area contributed by atoms with Crippen molar-refractivity contribution in [2.45, 2.75) is 27.3 Å². The Labute approximate surface area is 169 Å². The van der Waals surface area contributed by atoms with Crippen LogP contribution < -0.4 is 5.56 Å². The molecule has 6 nitrogen and oxygen atoms in total. The third-order valence-corrected chi connectivity index (χ3v) is 5.27. The van der Waals surface area contributed by atoms with Crippen LogP contribution in [0.15, 0.2) is 59.5 Å². The Morgan fingerprint density at radius 2 is 1.79 bits per heavy atom. The number of aromatic nitrogens is 3. The molecular formula is C23H24N4O2. The average molecular weight is 388 g/mol. The van der Waals surface area contributed by atoms with E-state index in [4.69, 9.17) is 4.98 Å². The van der Waals surface area contributed by atoms with E-state index in [1.807, 2.05) is 67.8 Å². The van der Waals surface area contributed by atoms with E-state index in [-0.39, 0.29) is 11.5 Å². The number of hydrogen-bond donors (Lipinski definition) is 0. The van der Waals surface area contributed by atoms with E-state index in [9.17, 15) is 9.59 Å². The predicted octanol–water partition coefficient (Wildman–Crippen LogP) is 3.49. The van der Waals surface area contributed by atoms with E-state index < -0.39 is 0 Å². The molecular weight excluding hydrogens is 364 g/mol. The second kappa shape index (κ2) is 7.54. The minimum absolute atomic E-state index is 0.0893. The fourth-order valence-corrected chi connectivity index (χ4v) is 3.68. The van der Waals surface area contributed by atoms with Gasteiger partial charge in [-0.1, -0.05) is 36.4 Å². The summed E-state index contributed by atoms with van der Waals surface area (Å²) < 4.78 is 3.42. The van der Waals surface area contributed by atoms with E-state index in [2.05, 4.69) is 0 Å². The van der Waals surface area contributed by atoms with Gasteiger partial charge in [-0.3, -0.25) is 14.0 Å². The first-order chi connectivity index (χ1) is 14.0. The van der Waals surface area contributed by atoms with Crippen molar-refractivity contribution in [3.05, 3.63) is 81.9 Å². The fourth-order valence-electron chi connectivity index (χ4n) is 3.68. The van der Waals surface area contributed by atoms with Crippen molar-refractivity contribution < 1.29 is 4.79 Å². The minimum atomic E-state index is -0.158. The predicted molar refractivity (Wildman–Crippen MR) is 114 cm³/mol. The zero-order valence-corrected chi connectivity index (χ0v) is 16.9. The van der Waals surface area contributed by atoms with E-state index in [0.717, 1.165) is 11.1 Å². The van der Waals surface area contributed by atoms with E-state index >= 15 is 0 Å². The lowest BCUT2D eigenvalue weighted by molar-refractivity contribution is 0.0763. The van der Waals surface area contributed by atoms with Crippen LogP contribution in [-0.4, -0.2) is 37.8 Å². The molecule has 0 atom stereocenters. The van der Waals surface area contributed by atoms with E-state index in [1.165, 1.54) is 0 Å². The van der Waals surface area contributed by atoms with Crippen molar-refractivity contribution >= 4 is 22.6 Å². The summed E-state index contributed by atoms with van der Waals surface area (Å²) in [5, 5.41) is 0.458. The molecule has 0 saturated heterocycles. The van der Waals surface area contributed by atoms with Crippen LogP contribution in [0.4, 0.5) is 0 Å². The van der Waals surface area contributed by atoms with Gasteiger partial charge in [0.2, 0.25) is 0 Å². The summed E-state index contributed by atoms with van der Waals surface area (Å²) in [5.74, 6) is -0.0893. The maximum atomic E-state index is 13.2. The van der Waals surface area contributed by atoms with Gasteiger partial charge in [0, 0.05) is 25.8 Å². The molecule has 4 rings (SSSR count). The molecule has 0 N–H and O–H groups in total. The molecule has 4 aromatic rings. The molecule has 0 radical (unpaired) electrons. The van der Waals surface area contributed by atoms with Crippen molar-refractivity contribution in [2.75, 3.05) is 13.1 Å². The highest BCUT2D eigenvalue weighted by atomic mass is 16.2. The molecule has 0 aliphatic heterocycles. The fraction of sp³-hybridized carbons (Fsp3) is 0.261. The van der Waals surface area contributed by atoms with Gasteiger partial charge in [0.15, 0.2) is 0 Å². The van der Waals surface area contributed by atoms with Crippen LogP contribution in [0.1, 0.15) is 35.5 Å². The van der Waals surface area contributed by atoms with Gasteiger partial charge in [-0.05, 0) is 44.0 Å². The molecule has 0 spiro atoms. The van der Waals surface area contributed by atoms with Gasteiger partial charge in [-0.2, -0.15) is 0 Å². The van der Waals surface area contributed by atoms with Gasteiger partial charge in [-0.25, -0.2) is 4.98 Å². The zero-order chi connectivity index (χ0) is 20.5. The Hall–Kier alpha value is -3.41. The number of aryl methyl sites for hydroxylation is 1. The van der Waals surface area contributed by atoms with Gasteiger partial charge in [0.05, 0.1) is 5.39 Å². The molecule has 1 amide bonds. The molecule has 148 valence electrons. The number of pyridine rings is 1. The van der Waals surface area contributed by atoms with Crippen LogP contribution in [-0.2, 0) is 6.54 Å². The summed E-state index contributed by atoms with van der Waals surface area (Å²) in [5.41, 5.74) is 3.47. The normalized spacial score (nSPS) is 11.3. The Bertz CT molecular complexity index is 1250. The Morgan fingerprint density at radius 1 is 1.07 bits per heavy atom. The van der Waals surface area contributed by atoms with Gasteiger partial charge in [-0.15, -0.1) is 0 Å². The van der Waals surface area contributed by atoms with Gasteiger partial charge in [0.1, 0.15) is 17.0 Å². The second-order valence-electron chi connectivity index (χ2n) is 7.17. The van der Waals surface area contributed by atoms with Crippen molar-refractivity contribution in [3.63, 3.8) is 0 Å². The smallest absolute Gasteiger partial charge is 0.270 e. The molecule has 0 bridgehead atoms. The van der Waals surface area contributed by atoms with Crippen LogP contribution in [0.3, 0.4) is 0 Å². The summed E-state index contributed by atoms with van der Waals surface area (Å²) in [4.78, 5) is 32.9. The number of nitrogens with zero attached hydrogens (tertiary/aromatic N) is 4.